The first kappa shape index (κ1) is 17.9. The molecule has 1 aromatic heterocycles. The molecule has 2 rings (SSSR count). The predicted octanol–water partition coefficient (Wildman–Crippen LogP) is 4.01. The van der Waals surface area contributed by atoms with E-state index in [4.69, 9.17) is 0 Å². The zero-order chi connectivity index (χ0) is 17.4. The Morgan fingerprint density at radius 2 is 1.83 bits per heavy atom. The second-order valence-electron chi connectivity index (χ2n) is 5.82. The SMILES string of the molecule is CCCCCNC(=O)c1cc(Nc2ccc(CC)cc2)nc(C)n1. The van der Waals surface area contributed by atoms with Gasteiger partial charge in [0, 0.05) is 18.3 Å². The number of benzene rings is 1. The summed E-state index contributed by atoms with van der Waals surface area (Å²) in [5.74, 6) is 1.05. The number of hydrogen-bond acceptors (Lipinski definition) is 4. The lowest BCUT2D eigenvalue weighted by Crippen LogP contribution is -2.25. The van der Waals surface area contributed by atoms with Gasteiger partial charge in [-0.25, -0.2) is 9.97 Å². The molecule has 0 radical (unpaired) electrons. The fourth-order valence-electron chi connectivity index (χ4n) is 2.39. The molecule has 2 aromatic rings. The largest absolute Gasteiger partial charge is 0.351 e. The number of carbonyl (C=O) groups is 1. The van der Waals surface area contributed by atoms with Gasteiger partial charge in [-0.05, 0) is 37.5 Å². The van der Waals surface area contributed by atoms with Crippen LogP contribution >= 0.6 is 0 Å². The van der Waals surface area contributed by atoms with Crippen molar-refractivity contribution in [3.8, 4) is 0 Å². The molecule has 2 N–H and O–H groups in total. The molecule has 5 nitrogen and oxygen atoms in total. The van der Waals surface area contributed by atoms with Crippen molar-refractivity contribution in [2.45, 2.75) is 46.5 Å². The van der Waals surface area contributed by atoms with Crippen LogP contribution in [0, 0.1) is 6.92 Å². The minimum absolute atomic E-state index is 0.152. The Balaban J connectivity index is 2.05. The zero-order valence-electron chi connectivity index (χ0n) is 14.7. The number of carbonyl (C=O) groups excluding carboxylic acids is 1. The van der Waals surface area contributed by atoms with Crippen LogP contribution in [-0.2, 0) is 6.42 Å². The summed E-state index contributed by atoms with van der Waals surface area (Å²) in [5.41, 5.74) is 2.62. The van der Waals surface area contributed by atoms with Crippen LogP contribution in [0.1, 0.15) is 55.0 Å². The van der Waals surface area contributed by atoms with Crippen molar-refractivity contribution in [1.29, 1.82) is 0 Å². The minimum Gasteiger partial charge on any atom is -0.351 e. The number of anilines is 2. The van der Waals surface area contributed by atoms with Gasteiger partial charge in [-0.1, -0.05) is 38.8 Å². The Morgan fingerprint density at radius 1 is 1.08 bits per heavy atom. The topological polar surface area (TPSA) is 66.9 Å². The highest BCUT2D eigenvalue weighted by Gasteiger charge is 2.10. The molecular formula is C19H26N4O. The van der Waals surface area contributed by atoms with Crippen molar-refractivity contribution in [2.24, 2.45) is 0 Å². The summed E-state index contributed by atoms with van der Waals surface area (Å²) in [7, 11) is 0. The Kier molecular flexibility index (Phi) is 6.73. The molecule has 0 bridgehead atoms. The summed E-state index contributed by atoms with van der Waals surface area (Å²) in [5, 5.41) is 6.15. The highest BCUT2D eigenvalue weighted by atomic mass is 16.1. The van der Waals surface area contributed by atoms with Gasteiger partial charge in [0.2, 0.25) is 0 Å². The average molecular weight is 326 g/mol. The number of rotatable bonds is 8. The number of unbranched alkanes of at least 4 members (excludes halogenated alkanes) is 2. The molecular weight excluding hydrogens is 300 g/mol. The molecule has 128 valence electrons. The Morgan fingerprint density at radius 3 is 2.50 bits per heavy atom. The fraction of sp³-hybridized carbons (Fsp3) is 0.421. The molecule has 0 aliphatic carbocycles. The van der Waals surface area contributed by atoms with Crippen molar-refractivity contribution < 1.29 is 4.79 Å². The van der Waals surface area contributed by atoms with E-state index in [2.05, 4.69) is 46.6 Å². The first-order valence-corrected chi connectivity index (χ1v) is 8.62. The molecule has 0 saturated heterocycles. The fourth-order valence-corrected chi connectivity index (χ4v) is 2.39. The maximum absolute atomic E-state index is 12.2. The molecule has 0 fully saturated rings. The van der Waals surface area contributed by atoms with Crippen LogP contribution in [-0.4, -0.2) is 22.4 Å². The molecule has 0 spiro atoms. The number of hydrogen-bond donors (Lipinski definition) is 2. The van der Waals surface area contributed by atoms with E-state index >= 15 is 0 Å². The number of nitrogens with zero attached hydrogens (tertiary/aromatic N) is 2. The van der Waals surface area contributed by atoms with Crippen molar-refractivity contribution in [3.05, 3.63) is 47.4 Å². The van der Waals surface area contributed by atoms with Gasteiger partial charge in [0.25, 0.3) is 5.91 Å². The Hall–Kier alpha value is -2.43. The van der Waals surface area contributed by atoms with Gasteiger partial charge < -0.3 is 10.6 Å². The van der Waals surface area contributed by atoms with Gasteiger partial charge in [-0.3, -0.25) is 4.79 Å². The third-order valence-electron chi connectivity index (χ3n) is 3.77. The summed E-state index contributed by atoms with van der Waals surface area (Å²) in [6.45, 7) is 6.73. The van der Waals surface area contributed by atoms with E-state index in [1.54, 1.807) is 13.0 Å². The minimum atomic E-state index is -0.152. The van der Waals surface area contributed by atoms with Gasteiger partial charge in [-0.15, -0.1) is 0 Å². The lowest BCUT2D eigenvalue weighted by molar-refractivity contribution is 0.0947. The molecule has 0 aliphatic heterocycles. The highest BCUT2D eigenvalue weighted by Crippen LogP contribution is 2.16. The number of aryl methyl sites for hydroxylation is 2. The molecule has 0 atom stereocenters. The van der Waals surface area contributed by atoms with Crippen LogP contribution in [0.4, 0.5) is 11.5 Å². The molecule has 5 heteroatoms. The monoisotopic (exact) mass is 326 g/mol. The van der Waals surface area contributed by atoms with Gasteiger partial charge in [0.1, 0.15) is 17.3 Å². The summed E-state index contributed by atoms with van der Waals surface area (Å²) >= 11 is 0. The van der Waals surface area contributed by atoms with Gasteiger partial charge in [-0.2, -0.15) is 0 Å². The molecule has 1 aromatic carbocycles. The van der Waals surface area contributed by atoms with Crippen LogP contribution < -0.4 is 10.6 Å². The first-order valence-electron chi connectivity index (χ1n) is 8.62. The van der Waals surface area contributed by atoms with Crippen molar-refractivity contribution in [1.82, 2.24) is 15.3 Å². The van der Waals surface area contributed by atoms with Crippen molar-refractivity contribution >= 4 is 17.4 Å². The molecule has 1 amide bonds. The van der Waals surface area contributed by atoms with E-state index in [0.717, 1.165) is 31.4 Å². The van der Waals surface area contributed by atoms with Gasteiger partial charge in [0.05, 0.1) is 0 Å². The maximum atomic E-state index is 12.2. The number of nitrogens with one attached hydrogen (secondary N) is 2. The third-order valence-corrected chi connectivity index (χ3v) is 3.77. The summed E-state index contributed by atoms with van der Waals surface area (Å²) in [4.78, 5) is 20.8. The standard InChI is InChI=1S/C19H26N4O/c1-4-6-7-12-20-19(24)17-13-18(22-14(3)21-17)23-16-10-8-15(5-2)9-11-16/h8-11,13H,4-7,12H2,1-3H3,(H,20,24)(H,21,22,23). The summed E-state index contributed by atoms with van der Waals surface area (Å²) in [6, 6.07) is 9.88. The van der Waals surface area contributed by atoms with Crippen LogP contribution in [0.15, 0.2) is 30.3 Å². The van der Waals surface area contributed by atoms with Crippen LogP contribution in [0.2, 0.25) is 0 Å². The van der Waals surface area contributed by atoms with E-state index < -0.39 is 0 Å². The van der Waals surface area contributed by atoms with E-state index in [-0.39, 0.29) is 5.91 Å². The lowest BCUT2D eigenvalue weighted by Gasteiger charge is -2.09. The zero-order valence-corrected chi connectivity index (χ0v) is 14.7. The van der Waals surface area contributed by atoms with E-state index in [1.165, 1.54) is 5.56 Å². The lowest BCUT2D eigenvalue weighted by atomic mass is 10.1. The van der Waals surface area contributed by atoms with Crippen molar-refractivity contribution in [2.75, 3.05) is 11.9 Å². The quantitative estimate of drug-likeness (QED) is 0.719. The maximum Gasteiger partial charge on any atom is 0.270 e. The highest BCUT2D eigenvalue weighted by molar-refractivity contribution is 5.93. The second-order valence-corrected chi connectivity index (χ2v) is 5.82. The molecule has 0 unspecified atom stereocenters. The Labute approximate surface area is 143 Å². The first-order chi connectivity index (χ1) is 11.6. The average Bonchev–Trinajstić information content (AvgIpc) is 2.58. The predicted molar refractivity (Wildman–Crippen MR) is 97.7 cm³/mol. The summed E-state index contributed by atoms with van der Waals surface area (Å²) < 4.78 is 0. The third kappa shape index (κ3) is 5.33. The molecule has 0 aliphatic rings. The molecule has 0 saturated carbocycles. The van der Waals surface area contributed by atoms with E-state index in [1.807, 2.05) is 12.1 Å². The molecule has 1 heterocycles. The van der Waals surface area contributed by atoms with Crippen LogP contribution in [0.3, 0.4) is 0 Å². The second kappa shape index (κ2) is 9.01. The van der Waals surface area contributed by atoms with Crippen molar-refractivity contribution in [3.63, 3.8) is 0 Å². The van der Waals surface area contributed by atoms with E-state index in [0.29, 0.717) is 23.9 Å². The van der Waals surface area contributed by atoms with Crippen LogP contribution in [0.5, 0.6) is 0 Å². The summed E-state index contributed by atoms with van der Waals surface area (Å²) in [6.07, 6.45) is 4.24. The number of aromatic nitrogens is 2. The van der Waals surface area contributed by atoms with E-state index in [9.17, 15) is 4.79 Å². The Bertz CT molecular complexity index is 668. The normalized spacial score (nSPS) is 10.5. The van der Waals surface area contributed by atoms with Gasteiger partial charge in [0.15, 0.2) is 0 Å². The van der Waals surface area contributed by atoms with Gasteiger partial charge >= 0.3 is 0 Å². The van der Waals surface area contributed by atoms with Crippen LogP contribution in [0.25, 0.3) is 0 Å². The smallest absolute Gasteiger partial charge is 0.270 e. The number of amides is 1. The molecule has 24 heavy (non-hydrogen) atoms.